The van der Waals surface area contributed by atoms with Crippen LogP contribution in [0.4, 0.5) is 16.5 Å². The highest BCUT2D eigenvalue weighted by atomic mass is 32.2. The van der Waals surface area contributed by atoms with Crippen LogP contribution in [0, 0.1) is 6.92 Å². The highest BCUT2D eigenvalue weighted by Gasteiger charge is 2.26. The number of hydrogen-bond acceptors (Lipinski definition) is 11. The number of thiophene rings is 1. The molecule has 0 unspecified atom stereocenters. The summed E-state index contributed by atoms with van der Waals surface area (Å²) in [5.74, 6) is -0.799. The highest BCUT2D eigenvalue weighted by molar-refractivity contribution is 7.92. The molecule has 3 aromatic rings. The molecule has 1 amide bonds. The summed E-state index contributed by atoms with van der Waals surface area (Å²) < 4.78 is 42.9. The van der Waals surface area contributed by atoms with Gasteiger partial charge in [0.25, 0.3) is 15.9 Å². The lowest BCUT2D eigenvalue weighted by Crippen LogP contribution is -2.21. The maximum Gasteiger partial charge on any atom is 0.341 e. The summed E-state index contributed by atoms with van der Waals surface area (Å²) in [5, 5.41) is 6.30. The van der Waals surface area contributed by atoms with Crippen molar-refractivity contribution >= 4 is 67.1 Å². The summed E-state index contributed by atoms with van der Waals surface area (Å²) in [7, 11) is 3.18. The number of rotatable bonds is 9. The number of nitrogens with one attached hydrogen (secondary N) is 3. The number of carbonyl (C=O) groups is 2. The first-order valence-corrected chi connectivity index (χ1v) is 13.7. The van der Waals surface area contributed by atoms with Gasteiger partial charge in [-0.2, -0.15) is 9.97 Å². The number of hydrogen-bond donors (Lipinski definition) is 3. The van der Waals surface area contributed by atoms with E-state index in [4.69, 9.17) is 26.4 Å². The normalized spacial score (nSPS) is 10.8. The second-order valence-corrected chi connectivity index (χ2v) is 11.1. The van der Waals surface area contributed by atoms with Crippen molar-refractivity contribution in [2.24, 2.45) is 0 Å². The van der Waals surface area contributed by atoms with Crippen molar-refractivity contribution in [3.8, 4) is 11.9 Å². The van der Waals surface area contributed by atoms with E-state index in [0.29, 0.717) is 21.1 Å². The fraction of sp³-hybridized carbons (Fsp3) is 0.261. The van der Waals surface area contributed by atoms with E-state index in [1.165, 1.54) is 56.6 Å². The molecule has 0 saturated heterocycles. The maximum atomic E-state index is 12.9. The fourth-order valence-electron chi connectivity index (χ4n) is 3.19. The van der Waals surface area contributed by atoms with Crippen molar-refractivity contribution in [3.63, 3.8) is 0 Å². The molecule has 0 bridgehead atoms. The third-order valence-corrected chi connectivity index (χ3v) is 7.87. The van der Waals surface area contributed by atoms with Crippen LogP contribution in [0.25, 0.3) is 0 Å². The molecular weight excluding hydrogens is 568 g/mol. The summed E-state index contributed by atoms with van der Waals surface area (Å²) in [4.78, 5) is 34.6. The lowest BCUT2D eigenvalue weighted by Gasteiger charge is -2.12. The zero-order valence-corrected chi connectivity index (χ0v) is 24.3. The quantitative estimate of drug-likeness (QED) is 0.246. The van der Waals surface area contributed by atoms with Crippen LogP contribution in [0.2, 0.25) is 0 Å². The average Bonchev–Trinajstić information content (AvgIpc) is 3.22. The van der Waals surface area contributed by atoms with Gasteiger partial charge in [0.05, 0.1) is 36.7 Å². The molecule has 0 atom stereocenters. The number of thiocarbonyl (C=S) groups is 1. The number of ether oxygens (including phenoxy) is 3. The average molecular weight is 595 g/mol. The standard InChI is InChI=1S/C23H26N6O7S3/c1-12-17(21(31)35-5)19(38-18(12)20(30)29(2)3)27-23(37)24-13-7-9-14(10-8-13)39(32,33)28-15-11-16(34-4)26-22(25-15)36-6/h7-11H,1-6H3,(H2,24,27,37)(H,25,26,28). The first-order valence-electron chi connectivity index (χ1n) is 11.0. The number of anilines is 3. The largest absolute Gasteiger partial charge is 0.481 e. The predicted octanol–water partition coefficient (Wildman–Crippen LogP) is 2.96. The molecular formula is C23H26N6O7S3. The van der Waals surface area contributed by atoms with Crippen molar-refractivity contribution in [2.75, 3.05) is 50.8 Å². The second kappa shape index (κ2) is 12.2. The third-order valence-electron chi connectivity index (χ3n) is 5.10. The van der Waals surface area contributed by atoms with Crippen LogP contribution in [0.15, 0.2) is 35.2 Å². The van der Waals surface area contributed by atoms with Gasteiger partial charge >= 0.3 is 12.0 Å². The Hall–Kier alpha value is -4.02. The number of amides is 1. The Bertz CT molecular complexity index is 1480. The lowest BCUT2D eigenvalue weighted by atomic mass is 10.1. The molecule has 0 aliphatic rings. The van der Waals surface area contributed by atoms with Crippen molar-refractivity contribution in [1.82, 2.24) is 14.9 Å². The number of aromatic nitrogens is 2. The SMILES string of the molecule is COC(=O)c1c(NC(=S)Nc2ccc(S(=O)(=O)Nc3cc(OC)nc(OC)n3)cc2)sc(C(=O)N(C)C)c1C. The molecule has 0 spiro atoms. The van der Waals surface area contributed by atoms with Crippen molar-refractivity contribution < 1.29 is 32.2 Å². The predicted molar refractivity (Wildman–Crippen MR) is 151 cm³/mol. The molecule has 3 rings (SSSR count). The van der Waals surface area contributed by atoms with E-state index < -0.39 is 16.0 Å². The summed E-state index contributed by atoms with van der Waals surface area (Å²) in [6.07, 6.45) is 0. The van der Waals surface area contributed by atoms with Gasteiger partial charge in [-0.15, -0.1) is 11.3 Å². The topological polar surface area (TPSA) is 161 Å². The molecule has 1 aromatic carbocycles. The van der Waals surface area contributed by atoms with Gasteiger partial charge in [-0.3, -0.25) is 9.52 Å². The molecule has 0 radical (unpaired) electrons. The summed E-state index contributed by atoms with van der Waals surface area (Å²) >= 11 is 6.45. The molecule has 13 nitrogen and oxygen atoms in total. The molecule has 2 heterocycles. The van der Waals surface area contributed by atoms with Gasteiger partial charge in [0.2, 0.25) is 5.88 Å². The molecule has 2 aromatic heterocycles. The minimum atomic E-state index is -4.01. The molecule has 39 heavy (non-hydrogen) atoms. The first-order chi connectivity index (χ1) is 18.4. The van der Waals surface area contributed by atoms with Crippen molar-refractivity contribution in [1.29, 1.82) is 0 Å². The van der Waals surface area contributed by atoms with Gasteiger partial charge in [-0.05, 0) is 49.0 Å². The molecule has 3 N–H and O–H groups in total. The number of sulfonamides is 1. The molecule has 0 aliphatic heterocycles. The Morgan fingerprint density at radius 1 is 1.03 bits per heavy atom. The maximum absolute atomic E-state index is 12.9. The smallest absolute Gasteiger partial charge is 0.341 e. The Morgan fingerprint density at radius 2 is 1.69 bits per heavy atom. The third kappa shape index (κ3) is 6.90. The van der Waals surface area contributed by atoms with Crippen LogP contribution < -0.4 is 24.8 Å². The minimum Gasteiger partial charge on any atom is -0.481 e. The van der Waals surface area contributed by atoms with E-state index in [1.54, 1.807) is 21.0 Å². The van der Waals surface area contributed by atoms with E-state index in [2.05, 4.69) is 25.3 Å². The highest BCUT2D eigenvalue weighted by Crippen LogP contribution is 2.34. The molecule has 16 heteroatoms. The van der Waals surface area contributed by atoms with Gasteiger partial charge in [-0.1, -0.05) is 0 Å². The zero-order valence-electron chi connectivity index (χ0n) is 21.8. The Morgan fingerprint density at radius 3 is 2.26 bits per heavy atom. The van der Waals surface area contributed by atoms with Crippen LogP contribution in [0.1, 0.15) is 25.6 Å². The number of methoxy groups -OCH3 is 3. The number of carbonyl (C=O) groups excluding carboxylic acids is 2. The van der Waals surface area contributed by atoms with E-state index in [1.807, 2.05) is 0 Å². The Labute approximate surface area is 234 Å². The van der Waals surface area contributed by atoms with E-state index in [-0.39, 0.29) is 39.2 Å². The van der Waals surface area contributed by atoms with Gasteiger partial charge in [0.1, 0.15) is 5.00 Å². The Kier molecular flexibility index (Phi) is 9.26. The van der Waals surface area contributed by atoms with E-state index in [9.17, 15) is 18.0 Å². The van der Waals surface area contributed by atoms with Crippen LogP contribution in [0.5, 0.6) is 11.9 Å². The summed E-state index contributed by atoms with van der Waals surface area (Å²) in [6, 6.07) is 6.99. The van der Waals surface area contributed by atoms with Crippen LogP contribution in [-0.2, 0) is 14.8 Å². The van der Waals surface area contributed by atoms with E-state index >= 15 is 0 Å². The van der Waals surface area contributed by atoms with Gasteiger partial charge in [-0.25, -0.2) is 13.2 Å². The van der Waals surface area contributed by atoms with E-state index in [0.717, 1.165) is 11.3 Å². The lowest BCUT2D eigenvalue weighted by molar-refractivity contribution is 0.0601. The van der Waals surface area contributed by atoms with Crippen LogP contribution in [-0.4, -0.2) is 75.7 Å². The zero-order chi connectivity index (χ0) is 28.9. The van der Waals surface area contributed by atoms with Gasteiger partial charge in [0, 0.05) is 25.8 Å². The van der Waals surface area contributed by atoms with Crippen molar-refractivity contribution in [3.05, 3.63) is 46.3 Å². The molecule has 0 fully saturated rings. The minimum absolute atomic E-state index is 0.0361. The number of nitrogens with zero attached hydrogens (tertiary/aromatic N) is 3. The molecule has 0 aliphatic carbocycles. The summed E-state index contributed by atoms with van der Waals surface area (Å²) in [6.45, 7) is 1.65. The second-order valence-electron chi connectivity index (χ2n) is 7.94. The first kappa shape index (κ1) is 29.5. The monoisotopic (exact) mass is 594 g/mol. The number of esters is 1. The summed E-state index contributed by atoms with van der Waals surface area (Å²) in [5.41, 5.74) is 1.13. The van der Waals surface area contributed by atoms with Crippen LogP contribution in [0.3, 0.4) is 0 Å². The van der Waals surface area contributed by atoms with Crippen molar-refractivity contribution in [2.45, 2.75) is 11.8 Å². The molecule has 0 saturated carbocycles. The number of benzene rings is 1. The Balaban J connectivity index is 1.76. The van der Waals surface area contributed by atoms with Gasteiger partial charge in [0.15, 0.2) is 10.9 Å². The van der Waals surface area contributed by atoms with Crippen LogP contribution >= 0.6 is 23.6 Å². The fourth-order valence-corrected chi connectivity index (χ4v) is 5.69. The van der Waals surface area contributed by atoms with Gasteiger partial charge < -0.3 is 29.7 Å². The molecule has 208 valence electrons.